The molecule has 0 aliphatic heterocycles. The molecule has 0 bridgehead atoms. The SMILES string of the molecule is Cc1c(Br)c(=O)oc2cc(OCc3ccccc3)c(OCc3ccccc3)cc12. The van der Waals surface area contributed by atoms with Crippen molar-refractivity contribution in [2.45, 2.75) is 20.1 Å². The lowest BCUT2D eigenvalue weighted by atomic mass is 10.1. The minimum absolute atomic E-state index is 0.383. The van der Waals surface area contributed by atoms with E-state index in [0.717, 1.165) is 22.1 Å². The van der Waals surface area contributed by atoms with Crippen molar-refractivity contribution in [2.24, 2.45) is 0 Å². The molecule has 4 rings (SSSR count). The molecule has 4 nitrogen and oxygen atoms in total. The number of aryl methyl sites for hydroxylation is 1. The topological polar surface area (TPSA) is 48.7 Å². The highest BCUT2D eigenvalue weighted by Gasteiger charge is 2.15. The number of ether oxygens (including phenoxy) is 2. The Bertz CT molecular complexity index is 1180. The third-order valence-corrected chi connectivity index (χ3v) is 5.55. The monoisotopic (exact) mass is 450 g/mol. The van der Waals surface area contributed by atoms with Gasteiger partial charge in [-0.15, -0.1) is 0 Å². The van der Waals surface area contributed by atoms with Gasteiger partial charge in [-0.25, -0.2) is 4.79 Å². The molecule has 0 atom stereocenters. The largest absolute Gasteiger partial charge is 0.485 e. The van der Waals surface area contributed by atoms with Crippen molar-refractivity contribution in [3.05, 3.63) is 104 Å². The summed E-state index contributed by atoms with van der Waals surface area (Å²) < 4.78 is 18.0. The third kappa shape index (κ3) is 4.35. The quantitative estimate of drug-likeness (QED) is 0.337. The van der Waals surface area contributed by atoms with Crippen LogP contribution in [-0.2, 0) is 13.2 Å². The number of hydrogen-bond donors (Lipinski definition) is 0. The van der Waals surface area contributed by atoms with E-state index >= 15 is 0 Å². The van der Waals surface area contributed by atoms with Gasteiger partial charge in [-0.05, 0) is 45.6 Å². The average molecular weight is 451 g/mol. The van der Waals surface area contributed by atoms with E-state index in [9.17, 15) is 4.79 Å². The minimum atomic E-state index is -0.415. The Morgan fingerprint density at radius 1 is 0.828 bits per heavy atom. The van der Waals surface area contributed by atoms with Crippen LogP contribution in [0, 0.1) is 6.92 Å². The Balaban J connectivity index is 1.71. The van der Waals surface area contributed by atoms with Gasteiger partial charge >= 0.3 is 5.63 Å². The lowest BCUT2D eigenvalue weighted by Gasteiger charge is -2.15. The summed E-state index contributed by atoms with van der Waals surface area (Å²) in [6, 6.07) is 23.4. The summed E-state index contributed by atoms with van der Waals surface area (Å²) in [5.41, 5.74) is 2.94. The number of hydrogen-bond acceptors (Lipinski definition) is 4. The molecule has 0 amide bonds. The molecule has 146 valence electrons. The van der Waals surface area contributed by atoms with Gasteiger partial charge in [-0.1, -0.05) is 60.7 Å². The second-order valence-corrected chi connectivity index (χ2v) is 7.47. The van der Waals surface area contributed by atoms with Gasteiger partial charge in [0, 0.05) is 11.5 Å². The summed E-state index contributed by atoms with van der Waals surface area (Å²) in [6.07, 6.45) is 0. The molecule has 0 aliphatic carbocycles. The van der Waals surface area contributed by atoms with Crippen molar-refractivity contribution < 1.29 is 13.9 Å². The van der Waals surface area contributed by atoms with Crippen LogP contribution in [0.5, 0.6) is 11.5 Å². The molecule has 0 N–H and O–H groups in total. The molecular weight excluding hydrogens is 432 g/mol. The van der Waals surface area contributed by atoms with Gasteiger partial charge in [0.15, 0.2) is 11.5 Å². The van der Waals surface area contributed by atoms with Gasteiger partial charge < -0.3 is 13.9 Å². The van der Waals surface area contributed by atoms with Crippen LogP contribution in [0.15, 0.2) is 86.5 Å². The van der Waals surface area contributed by atoms with E-state index in [2.05, 4.69) is 15.9 Å². The molecule has 5 heteroatoms. The number of halogens is 1. The first-order chi connectivity index (χ1) is 14.1. The Morgan fingerprint density at radius 2 is 1.34 bits per heavy atom. The number of fused-ring (bicyclic) bond motifs is 1. The fraction of sp³-hybridized carbons (Fsp3) is 0.125. The summed E-state index contributed by atoms with van der Waals surface area (Å²) in [5, 5.41) is 0.798. The third-order valence-electron chi connectivity index (χ3n) is 4.64. The van der Waals surface area contributed by atoms with Gasteiger partial charge in [0.05, 0.1) is 0 Å². The molecule has 3 aromatic carbocycles. The Hall–Kier alpha value is -3.05. The first-order valence-corrected chi connectivity index (χ1v) is 10.0. The number of benzene rings is 3. The molecule has 0 saturated heterocycles. The average Bonchev–Trinajstić information content (AvgIpc) is 2.76. The summed E-state index contributed by atoms with van der Waals surface area (Å²) in [4.78, 5) is 12.1. The van der Waals surface area contributed by atoms with E-state index < -0.39 is 5.63 Å². The normalized spacial score (nSPS) is 10.8. The lowest BCUT2D eigenvalue weighted by molar-refractivity contribution is 0.256. The van der Waals surface area contributed by atoms with Crippen LogP contribution < -0.4 is 15.1 Å². The molecule has 4 aromatic rings. The zero-order valence-corrected chi connectivity index (χ0v) is 17.4. The maximum absolute atomic E-state index is 12.1. The molecule has 29 heavy (non-hydrogen) atoms. The predicted octanol–water partition coefficient (Wildman–Crippen LogP) is 6.02. The van der Waals surface area contributed by atoms with Gasteiger partial charge in [-0.3, -0.25) is 0 Å². The van der Waals surface area contributed by atoms with Crippen LogP contribution >= 0.6 is 15.9 Å². The van der Waals surface area contributed by atoms with Crippen molar-refractivity contribution in [1.82, 2.24) is 0 Å². The Morgan fingerprint density at radius 3 is 1.90 bits per heavy atom. The Labute approximate surface area is 176 Å². The van der Waals surface area contributed by atoms with Crippen molar-refractivity contribution >= 4 is 26.9 Å². The van der Waals surface area contributed by atoms with Crippen molar-refractivity contribution in [2.75, 3.05) is 0 Å². The predicted molar refractivity (Wildman–Crippen MR) is 116 cm³/mol. The summed E-state index contributed by atoms with van der Waals surface area (Å²) >= 11 is 3.30. The molecule has 0 saturated carbocycles. The first kappa shape index (κ1) is 19.3. The minimum Gasteiger partial charge on any atom is -0.485 e. The molecule has 0 fully saturated rings. The molecule has 0 spiro atoms. The van der Waals surface area contributed by atoms with E-state index in [-0.39, 0.29) is 0 Å². The van der Waals surface area contributed by atoms with Crippen LogP contribution in [0.4, 0.5) is 0 Å². The van der Waals surface area contributed by atoms with E-state index in [1.807, 2.05) is 73.7 Å². The summed E-state index contributed by atoms with van der Waals surface area (Å²) in [5.74, 6) is 1.13. The molecule has 0 aliphatic rings. The van der Waals surface area contributed by atoms with E-state index in [4.69, 9.17) is 13.9 Å². The highest BCUT2D eigenvalue weighted by Crippen LogP contribution is 2.36. The van der Waals surface area contributed by atoms with Crippen molar-refractivity contribution in [1.29, 1.82) is 0 Å². The number of rotatable bonds is 6. The van der Waals surface area contributed by atoms with Crippen LogP contribution in [0.2, 0.25) is 0 Å². The van der Waals surface area contributed by atoms with Gasteiger partial charge in [-0.2, -0.15) is 0 Å². The maximum Gasteiger partial charge on any atom is 0.350 e. The van der Waals surface area contributed by atoms with E-state index in [0.29, 0.717) is 34.8 Å². The zero-order valence-electron chi connectivity index (χ0n) is 15.9. The van der Waals surface area contributed by atoms with Crippen molar-refractivity contribution in [3.63, 3.8) is 0 Å². The summed E-state index contributed by atoms with van der Waals surface area (Å²) in [6.45, 7) is 2.66. The standard InChI is InChI=1S/C24H19BrO4/c1-16-19-12-21(27-14-17-8-4-2-5-9-17)22(13-20(19)29-24(26)23(16)25)28-15-18-10-6-3-7-11-18/h2-13H,14-15H2,1H3. The lowest BCUT2D eigenvalue weighted by Crippen LogP contribution is -2.04. The van der Waals surface area contributed by atoms with Crippen LogP contribution in [-0.4, -0.2) is 0 Å². The van der Waals surface area contributed by atoms with Crippen LogP contribution in [0.3, 0.4) is 0 Å². The van der Waals surface area contributed by atoms with E-state index in [1.54, 1.807) is 6.07 Å². The van der Waals surface area contributed by atoms with Crippen LogP contribution in [0.1, 0.15) is 16.7 Å². The fourth-order valence-corrected chi connectivity index (χ4v) is 3.33. The second kappa shape index (κ2) is 8.53. The van der Waals surface area contributed by atoms with Crippen LogP contribution in [0.25, 0.3) is 11.0 Å². The van der Waals surface area contributed by atoms with Gasteiger partial charge in [0.2, 0.25) is 0 Å². The molecule has 1 aromatic heterocycles. The van der Waals surface area contributed by atoms with Gasteiger partial charge in [0.25, 0.3) is 0 Å². The Kier molecular flexibility index (Phi) is 5.67. The summed E-state index contributed by atoms with van der Waals surface area (Å²) in [7, 11) is 0. The first-order valence-electron chi connectivity index (χ1n) is 9.22. The van der Waals surface area contributed by atoms with E-state index in [1.165, 1.54) is 0 Å². The highest BCUT2D eigenvalue weighted by molar-refractivity contribution is 9.10. The second-order valence-electron chi connectivity index (χ2n) is 6.67. The molecular formula is C24H19BrO4. The fourth-order valence-electron chi connectivity index (χ4n) is 3.03. The van der Waals surface area contributed by atoms with Crippen molar-refractivity contribution in [3.8, 4) is 11.5 Å². The molecule has 1 heterocycles. The van der Waals surface area contributed by atoms with Gasteiger partial charge in [0.1, 0.15) is 23.3 Å². The highest BCUT2D eigenvalue weighted by atomic mass is 79.9. The smallest absolute Gasteiger partial charge is 0.350 e. The zero-order chi connectivity index (χ0) is 20.2. The maximum atomic E-state index is 12.1. The molecule has 0 radical (unpaired) electrons. The molecule has 0 unspecified atom stereocenters.